The zero-order valence-electron chi connectivity index (χ0n) is 11.6. The second-order valence-electron chi connectivity index (χ2n) is 4.49. The van der Waals surface area contributed by atoms with Crippen LogP contribution in [0.15, 0.2) is 60.7 Å². The Morgan fingerprint density at radius 3 is 2.24 bits per heavy atom. The Morgan fingerprint density at radius 1 is 0.952 bits per heavy atom. The van der Waals surface area contributed by atoms with Gasteiger partial charge in [-0.25, -0.2) is 0 Å². The molecule has 2 aromatic carbocycles. The molecule has 0 aliphatic carbocycles. The van der Waals surface area contributed by atoms with Gasteiger partial charge in [-0.1, -0.05) is 72.4 Å². The third-order valence-electron chi connectivity index (χ3n) is 2.89. The van der Waals surface area contributed by atoms with Gasteiger partial charge in [0.25, 0.3) is 0 Å². The molecule has 0 aliphatic rings. The molecule has 1 N–H and O–H groups in total. The largest absolute Gasteiger partial charge is 0.378 e. The van der Waals surface area contributed by atoms with Crippen molar-refractivity contribution >= 4 is 28.6 Å². The monoisotopic (exact) mass is 318 g/mol. The van der Waals surface area contributed by atoms with E-state index in [-0.39, 0.29) is 5.12 Å². The van der Waals surface area contributed by atoms with Gasteiger partial charge in [-0.15, -0.1) is 11.8 Å². The topological polar surface area (TPSA) is 37.3 Å². The molecule has 2 aromatic rings. The SMILES string of the molecule is O=C(SCCCSC(O)c1ccccc1)c1ccccc1. The highest BCUT2D eigenvalue weighted by molar-refractivity contribution is 8.14. The molecule has 0 aliphatic heterocycles. The van der Waals surface area contributed by atoms with Crippen molar-refractivity contribution in [2.75, 3.05) is 11.5 Å². The van der Waals surface area contributed by atoms with Crippen LogP contribution in [-0.4, -0.2) is 21.7 Å². The summed E-state index contributed by atoms with van der Waals surface area (Å²) in [5.74, 6) is 1.62. The van der Waals surface area contributed by atoms with Crippen LogP contribution in [0.4, 0.5) is 0 Å². The Hall–Kier alpha value is -1.23. The van der Waals surface area contributed by atoms with Crippen LogP contribution in [0.5, 0.6) is 0 Å². The van der Waals surface area contributed by atoms with Gasteiger partial charge in [-0.05, 0) is 17.7 Å². The highest BCUT2D eigenvalue weighted by Crippen LogP contribution is 2.26. The third-order valence-corrected chi connectivity index (χ3v) is 4.99. The first-order valence-corrected chi connectivity index (χ1v) is 8.87. The minimum Gasteiger partial charge on any atom is -0.378 e. The first-order valence-electron chi connectivity index (χ1n) is 6.84. The van der Waals surface area contributed by atoms with Crippen molar-refractivity contribution in [1.29, 1.82) is 0 Å². The van der Waals surface area contributed by atoms with Gasteiger partial charge in [0, 0.05) is 11.3 Å². The molecular formula is C17H18O2S2. The number of thioether (sulfide) groups is 2. The van der Waals surface area contributed by atoms with Crippen molar-refractivity contribution in [3.8, 4) is 0 Å². The summed E-state index contributed by atoms with van der Waals surface area (Å²) in [6.07, 6.45) is 0.901. The van der Waals surface area contributed by atoms with Gasteiger partial charge in [-0.2, -0.15) is 0 Å². The first kappa shape index (κ1) is 16.1. The Morgan fingerprint density at radius 2 is 1.57 bits per heavy atom. The van der Waals surface area contributed by atoms with E-state index in [0.717, 1.165) is 29.1 Å². The quantitative estimate of drug-likeness (QED) is 0.607. The molecular weight excluding hydrogens is 300 g/mol. The van der Waals surface area contributed by atoms with E-state index in [1.54, 1.807) is 0 Å². The lowest BCUT2D eigenvalue weighted by atomic mass is 10.2. The molecule has 21 heavy (non-hydrogen) atoms. The number of aliphatic hydroxyl groups is 1. The summed E-state index contributed by atoms with van der Waals surface area (Å²) in [6.45, 7) is 0. The summed E-state index contributed by atoms with van der Waals surface area (Å²) in [5, 5.41) is 10.1. The number of benzene rings is 2. The molecule has 0 bridgehead atoms. The molecule has 0 aromatic heterocycles. The van der Waals surface area contributed by atoms with Crippen LogP contribution in [0.25, 0.3) is 0 Å². The van der Waals surface area contributed by atoms with Crippen LogP contribution >= 0.6 is 23.5 Å². The summed E-state index contributed by atoms with van der Waals surface area (Å²) in [4.78, 5) is 11.9. The highest BCUT2D eigenvalue weighted by Gasteiger charge is 2.08. The molecule has 1 atom stereocenters. The van der Waals surface area contributed by atoms with Crippen molar-refractivity contribution in [2.24, 2.45) is 0 Å². The maximum absolute atomic E-state index is 11.9. The van der Waals surface area contributed by atoms with Crippen LogP contribution in [-0.2, 0) is 0 Å². The van der Waals surface area contributed by atoms with Crippen LogP contribution in [0.1, 0.15) is 27.8 Å². The lowest BCUT2D eigenvalue weighted by Gasteiger charge is -2.10. The molecule has 0 saturated carbocycles. The standard InChI is InChI=1S/C17H18O2S2/c18-16(14-8-3-1-4-9-14)20-12-7-13-21-17(19)15-10-5-2-6-11-15/h1-6,8-11,16,18H,7,12-13H2. The molecule has 0 radical (unpaired) electrons. The molecule has 2 nitrogen and oxygen atoms in total. The number of hydrogen-bond acceptors (Lipinski definition) is 4. The second kappa shape index (κ2) is 8.93. The predicted molar refractivity (Wildman–Crippen MR) is 91.7 cm³/mol. The fraction of sp³-hybridized carbons (Fsp3) is 0.235. The minimum absolute atomic E-state index is 0.115. The van der Waals surface area contributed by atoms with Gasteiger partial charge in [0.1, 0.15) is 5.44 Å². The Bertz CT molecular complexity index is 543. The van der Waals surface area contributed by atoms with Gasteiger partial charge in [0.05, 0.1) is 0 Å². The number of hydrogen-bond donors (Lipinski definition) is 1. The van der Waals surface area contributed by atoms with Crippen molar-refractivity contribution < 1.29 is 9.90 Å². The van der Waals surface area contributed by atoms with Gasteiger partial charge >= 0.3 is 0 Å². The average Bonchev–Trinajstić information content (AvgIpc) is 2.55. The van der Waals surface area contributed by atoms with Gasteiger partial charge < -0.3 is 5.11 Å². The van der Waals surface area contributed by atoms with Crippen LogP contribution in [0.2, 0.25) is 0 Å². The fourth-order valence-corrected chi connectivity index (χ4v) is 3.63. The van der Waals surface area contributed by atoms with Crippen molar-refractivity contribution in [1.82, 2.24) is 0 Å². The number of aliphatic hydroxyl groups excluding tert-OH is 1. The van der Waals surface area contributed by atoms with Crippen LogP contribution in [0, 0.1) is 0 Å². The molecule has 1 unspecified atom stereocenters. The molecule has 0 spiro atoms. The lowest BCUT2D eigenvalue weighted by molar-refractivity contribution is 0.108. The minimum atomic E-state index is -0.485. The average molecular weight is 318 g/mol. The molecule has 2 rings (SSSR count). The Labute approximate surface area is 134 Å². The first-order chi connectivity index (χ1) is 10.3. The van der Waals surface area contributed by atoms with Crippen molar-refractivity contribution in [3.05, 3.63) is 71.8 Å². The van der Waals surface area contributed by atoms with E-state index in [1.165, 1.54) is 23.5 Å². The second-order valence-corrected chi connectivity index (χ2v) is 6.75. The smallest absolute Gasteiger partial charge is 0.219 e. The molecule has 0 heterocycles. The molecule has 0 amide bonds. The number of rotatable bonds is 7. The summed E-state index contributed by atoms with van der Waals surface area (Å²) in [7, 11) is 0. The van der Waals surface area contributed by atoms with Crippen LogP contribution < -0.4 is 0 Å². The number of carbonyl (C=O) groups is 1. The van der Waals surface area contributed by atoms with E-state index < -0.39 is 5.44 Å². The van der Waals surface area contributed by atoms with Crippen molar-refractivity contribution in [3.63, 3.8) is 0 Å². The molecule has 0 saturated heterocycles. The van der Waals surface area contributed by atoms with E-state index in [0.29, 0.717) is 0 Å². The normalized spacial score (nSPS) is 12.0. The number of carbonyl (C=O) groups excluding carboxylic acids is 1. The summed E-state index contributed by atoms with van der Waals surface area (Å²) in [6, 6.07) is 19.0. The Kier molecular flexibility index (Phi) is 6.86. The fourth-order valence-electron chi connectivity index (χ4n) is 1.79. The van der Waals surface area contributed by atoms with Crippen LogP contribution in [0.3, 0.4) is 0 Å². The van der Waals surface area contributed by atoms with E-state index in [2.05, 4.69) is 0 Å². The predicted octanol–water partition coefficient (Wildman–Crippen LogP) is 4.37. The Balaban J connectivity index is 1.63. The van der Waals surface area contributed by atoms with E-state index in [1.807, 2.05) is 60.7 Å². The lowest BCUT2D eigenvalue weighted by Crippen LogP contribution is -1.97. The van der Waals surface area contributed by atoms with E-state index >= 15 is 0 Å². The molecule has 110 valence electrons. The van der Waals surface area contributed by atoms with Gasteiger partial charge in [0.15, 0.2) is 0 Å². The summed E-state index contributed by atoms with van der Waals surface area (Å²) >= 11 is 2.85. The maximum atomic E-state index is 11.9. The summed E-state index contributed by atoms with van der Waals surface area (Å²) < 4.78 is 0. The van der Waals surface area contributed by atoms with Gasteiger partial charge in [-0.3, -0.25) is 4.79 Å². The van der Waals surface area contributed by atoms with E-state index in [4.69, 9.17) is 0 Å². The van der Waals surface area contributed by atoms with Gasteiger partial charge in [0.2, 0.25) is 5.12 Å². The van der Waals surface area contributed by atoms with E-state index in [9.17, 15) is 9.90 Å². The third kappa shape index (κ3) is 5.58. The highest BCUT2D eigenvalue weighted by atomic mass is 32.2. The van der Waals surface area contributed by atoms with Crippen molar-refractivity contribution in [2.45, 2.75) is 11.9 Å². The zero-order chi connectivity index (χ0) is 14.9. The molecule has 0 fully saturated rings. The zero-order valence-corrected chi connectivity index (χ0v) is 13.3. The molecule has 4 heteroatoms. The summed E-state index contributed by atoms with van der Waals surface area (Å²) in [5.41, 5.74) is 1.19. The maximum Gasteiger partial charge on any atom is 0.219 e.